The van der Waals surface area contributed by atoms with Gasteiger partial charge in [-0.1, -0.05) is 0 Å². The molecule has 0 saturated carbocycles. The number of nitrogens with zero attached hydrogens (tertiary/aromatic N) is 16. The fourth-order valence-corrected chi connectivity index (χ4v) is 9.90. The van der Waals surface area contributed by atoms with Gasteiger partial charge < -0.3 is 9.13 Å². The summed E-state index contributed by atoms with van der Waals surface area (Å²) in [6.07, 6.45) is 3.49. The van der Waals surface area contributed by atoms with E-state index >= 15 is 0 Å². The molecule has 0 aliphatic rings. The summed E-state index contributed by atoms with van der Waals surface area (Å²) in [7, 11) is 0. The Kier molecular flexibility index (Phi) is 10.2. The maximum absolute atomic E-state index is 11.1. The summed E-state index contributed by atoms with van der Waals surface area (Å²) in [5.41, 5.74) is 10.6. The Bertz CT molecular complexity index is 3980. The van der Waals surface area contributed by atoms with Gasteiger partial charge in [-0.15, -0.1) is 0 Å². The van der Waals surface area contributed by atoms with E-state index in [1.807, 2.05) is 85.7 Å². The van der Waals surface area contributed by atoms with Gasteiger partial charge >= 0.3 is 0 Å². The Hall–Kier alpha value is -9.62. The van der Waals surface area contributed by atoms with Gasteiger partial charge in [0.05, 0.1) is 45.1 Å². The van der Waals surface area contributed by atoms with E-state index in [4.69, 9.17) is 39.9 Å². The second kappa shape index (κ2) is 16.8. The highest BCUT2D eigenvalue weighted by Gasteiger charge is 2.25. The average Bonchev–Trinajstić information content (AvgIpc) is 3.86. The number of hydrogen-bond acceptors (Lipinski definition) is 14. The predicted molar refractivity (Wildman–Crippen MR) is 276 cm³/mol. The second-order valence-corrected chi connectivity index (χ2v) is 17.8. The molecule has 12 rings (SSSR count). The van der Waals surface area contributed by atoms with Crippen LogP contribution in [0.1, 0.15) is 52.2 Å². The topological polar surface area (TPSA) is 201 Å². The van der Waals surface area contributed by atoms with Crippen LogP contribution in [0.3, 0.4) is 0 Å². The Morgan fingerprint density at radius 1 is 0.333 bits per heavy atom. The highest BCUT2D eigenvalue weighted by Crippen LogP contribution is 2.43. The van der Waals surface area contributed by atoms with E-state index in [1.165, 1.54) is 0 Å². The lowest BCUT2D eigenvalue weighted by Gasteiger charge is -2.19. The summed E-state index contributed by atoms with van der Waals surface area (Å²) in [6.45, 7) is 15.0. The fraction of sp³-hybridized carbons (Fsp3) is 0.143. The van der Waals surface area contributed by atoms with Crippen LogP contribution < -0.4 is 0 Å². The number of aryl methyl sites for hydroxylation is 8. The van der Waals surface area contributed by atoms with E-state index in [9.17, 15) is 5.26 Å². The van der Waals surface area contributed by atoms with Gasteiger partial charge in [0.2, 0.25) is 0 Å². The molecule has 0 fully saturated rings. The first-order valence-corrected chi connectivity index (χ1v) is 23.3. The van der Waals surface area contributed by atoms with Crippen LogP contribution in [0.5, 0.6) is 0 Å². The quantitative estimate of drug-likeness (QED) is 0.146. The van der Waals surface area contributed by atoms with Crippen LogP contribution in [0.2, 0.25) is 0 Å². The molecule has 16 nitrogen and oxygen atoms in total. The molecule has 346 valence electrons. The highest BCUT2D eigenvalue weighted by molar-refractivity contribution is 6.14. The zero-order valence-corrected chi connectivity index (χ0v) is 40.5. The van der Waals surface area contributed by atoms with Crippen LogP contribution in [0.4, 0.5) is 0 Å². The second-order valence-electron chi connectivity index (χ2n) is 17.8. The Balaban J connectivity index is 1.20. The number of benzene rings is 5. The van der Waals surface area contributed by atoms with Crippen LogP contribution in [0.25, 0.3) is 112 Å². The molecule has 0 amide bonds. The van der Waals surface area contributed by atoms with Crippen molar-refractivity contribution in [2.24, 2.45) is 0 Å². The normalized spacial score (nSPS) is 11.6. The lowest BCUT2D eigenvalue weighted by molar-refractivity contribution is 0.928. The third kappa shape index (κ3) is 7.51. The lowest BCUT2D eigenvalue weighted by Crippen LogP contribution is -2.06. The SMILES string of the molecule is Cc1nc(C)nc(-c2ccc3c(c2)c2cc(-c4nc(C)nc(C)n4)ccc2n3-c2cc(C#N)c(-c3ccncc3)cc2-n2c3ccc(-c4nc(C)nc(C)n4)cc3c3cc(-c4nc(C)nc(C)n4)ccc32)n1. The number of fused-ring (bicyclic) bond motifs is 6. The van der Waals surface area contributed by atoms with Crippen molar-refractivity contribution in [3.05, 3.63) is 162 Å². The van der Waals surface area contributed by atoms with Crippen molar-refractivity contribution in [2.45, 2.75) is 55.4 Å². The maximum Gasteiger partial charge on any atom is 0.163 e. The molecule has 16 heteroatoms. The van der Waals surface area contributed by atoms with Crippen molar-refractivity contribution in [1.82, 2.24) is 73.9 Å². The van der Waals surface area contributed by atoms with Gasteiger partial charge in [0.25, 0.3) is 0 Å². The van der Waals surface area contributed by atoms with Crippen molar-refractivity contribution in [2.75, 3.05) is 0 Å². The van der Waals surface area contributed by atoms with Crippen LogP contribution in [0.15, 0.2) is 109 Å². The number of aromatic nitrogens is 15. The smallest absolute Gasteiger partial charge is 0.163 e. The third-order valence-corrected chi connectivity index (χ3v) is 12.7. The van der Waals surface area contributed by atoms with E-state index in [0.29, 0.717) is 75.5 Å². The largest absolute Gasteiger partial charge is 0.307 e. The number of nitriles is 1. The molecular formula is C56H42N16. The number of pyridine rings is 1. The summed E-state index contributed by atoms with van der Waals surface area (Å²) in [4.78, 5) is 60.2. The molecule has 0 spiro atoms. The van der Waals surface area contributed by atoms with Gasteiger partial charge in [0, 0.05) is 61.8 Å². The Morgan fingerprint density at radius 2 is 0.625 bits per heavy atom. The molecule has 0 unspecified atom stereocenters. The predicted octanol–water partition coefficient (Wildman–Crippen LogP) is 10.7. The minimum atomic E-state index is 0.488. The molecule has 7 heterocycles. The minimum Gasteiger partial charge on any atom is -0.307 e. The van der Waals surface area contributed by atoms with Crippen molar-refractivity contribution in [1.29, 1.82) is 5.26 Å². The molecule has 12 aromatic rings. The van der Waals surface area contributed by atoms with Gasteiger partial charge in [-0.2, -0.15) is 5.26 Å². The first-order valence-electron chi connectivity index (χ1n) is 23.3. The highest BCUT2D eigenvalue weighted by atomic mass is 15.1. The molecule has 5 aromatic carbocycles. The summed E-state index contributed by atoms with van der Waals surface area (Å²) >= 11 is 0. The molecular weight excluding hydrogens is 897 g/mol. The van der Waals surface area contributed by atoms with E-state index in [1.54, 1.807) is 12.4 Å². The summed E-state index contributed by atoms with van der Waals surface area (Å²) in [5.74, 6) is 7.38. The zero-order valence-electron chi connectivity index (χ0n) is 40.5. The third-order valence-electron chi connectivity index (χ3n) is 12.7. The molecule has 0 aliphatic heterocycles. The monoisotopic (exact) mass is 938 g/mol. The molecule has 0 atom stereocenters. The Labute approximate surface area is 412 Å². The van der Waals surface area contributed by atoms with Crippen LogP contribution >= 0.6 is 0 Å². The lowest BCUT2D eigenvalue weighted by atomic mass is 9.99. The molecule has 0 bridgehead atoms. The minimum absolute atomic E-state index is 0.488. The van der Waals surface area contributed by atoms with Crippen molar-refractivity contribution in [3.8, 4) is 74.1 Å². The van der Waals surface area contributed by atoms with Gasteiger partial charge in [-0.3, -0.25) is 4.98 Å². The Morgan fingerprint density at radius 3 is 0.917 bits per heavy atom. The van der Waals surface area contributed by atoms with Gasteiger partial charge in [0.15, 0.2) is 23.3 Å². The van der Waals surface area contributed by atoms with Crippen LogP contribution in [-0.4, -0.2) is 73.9 Å². The van der Waals surface area contributed by atoms with Gasteiger partial charge in [-0.05, 0) is 158 Å². The fourth-order valence-electron chi connectivity index (χ4n) is 9.90. The summed E-state index contributed by atoms with van der Waals surface area (Å²) in [5, 5.41) is 14.9. The van der Waals surface area contributed by atoms with Crippen molar-refractivity contribution >= 4 is 43.6 Å². The number of hydrogen-bond donors (Lipinski definition) is 0. The summed E-state index contributed by atoms with van der Waals surface area (Å²) < 4.78 is 4.52. The molecule has 7 aromatic heterocycles. The van der Waals surface area contributed by atoms with Crippen molar-refractivity contribution in [3.63, 3.8) is 0 Å². The molecule has 72 heavy (non-hydrogen) atoms. The molecule has 0 aliphatic carbocycles. The molecule has 0 radical (unpaired) electrons. The first kappa shape index (κ1) is 43.6. The first-order chi connectivity index (χ1) is 34.8. The van der Waals surface area contributed by atoms with Crippen molar-refractivity contribution < 1.29 is 0 Å². The average molecular weight is 939 g/mol. The maximum atomic E-state index is 11.1. The van der Waals surface area contributed by atoms with Gasteiger partial charge in [-0.25, -0.2) is 59.8 Å². The van der Waals surface area contributed by atoms with Crippen LogP contribution in [-0.2, 0) is 0 Å². The van der Waals surface area contributed by atoms with E-state index < -0.39 is 0 Å². The van der Waals surface area contributed by atoms with E-state index in [0.717, 1.165) is 88.4 Å². The molecule has 0 saturated heterocycles. The molecule has 0 N–H and O–H groups in total. The van der Waals surface area contributed by atoms with Crippen LogP contribution in [0, 0.1) is 66.7 Å². The number of rotatable bonds is 7. The standard InChI is InChI=1S/C56H42N16/c1-28-59-29(2)64-53(63-28)37-9-13-47-43(21-37)44-22-38(54-65-30(3)60-31(4)66-54)10-14-48(44)71(47)51-25-41(27-57)42(36-17-19-58-20-18-36)26-52(51)72-49-15-11-39(55-67-32(5)61-33(6)68-55)23-45(49)46-24-40(12-16-50(46)72)56-69-34(7)62-35(8)70-56/h9-26H,1-8H3. The summed E-state index contributed by atoms with van der Waals surface area (Å²) in [6, 6.07) is 35.7. The van der Waals surface area contributed by atoms with E-state index in [-0.39, 0.29) is 0 Å². The van der Waals surface area contributed by atoms with E-state index in [2.05, 4.69) is 107 Å². The van der Waals surface area contributed by atoms with Gasteiger partial charge in [0.1, 0.15) is 46.6 Å². The zero-order chi connectivity index (χ0) is 49.5.